The minimum atomic E-state index is -0.257. The third kappa shape index (κ3) is 4.43. The van der Waals surface area contributed by atoms with Crippen LogP contribution in [0.5, 0.6) is 0 Å². The molecule has 29 heavy (non-hydrogen) atoms. The van der Waals surface area contributed by atoms with E-state index in [1.54, 1.807) is 12.3 Å². The molecule has 146 valence electrons. The van der Waals surface area contributed by atoms with Gasteiger partial charge >= 0.3 is 0 Å². The van der Waals surface area contributed by atoms with Crippen molar-refractivity contribution in [3.63, 3.8) is 0 Å². The van der Waals surface area contributed by atoms with Crippen LogP contribution in [-0.2, 0) is 6.54 Å². The van der Waals surface area contributed by atoms with Crippen LogP contribution in [0.15, 0.2) is 83.6 Å². The van der Waals surface area contributed by atoms with Crippen molar-refractivity contribution in [3.8, 4) is 11.3 Å². The van der Waals surface area contributed by atoms with Gasteiger partial charge in [-0.15, -0.1) is 0 Å². The Morgan fingerprint density at radius 1 is 1.10 bits per heavy atom. The summed E-state index contributed by atoms with van der Waals surface area (Å²) in [6.45, 7) is 2.72. The summed E-state index contributed by atoms with van der Waals surface area (Å²) in [5.74, 6) is 1.26. The highest BCUT2D eigenvalue weighted by Gasteiger charge is 2.19. The number of nitrogens with one attached hydrogen (secondary N) is 1. The van der Waals surface area contributed by atoms with Crippen molar-refractivity contribution in [1.82, 2.24) is 20.0 Å². The maximum atomic E-state index is 12.8. The highest BCUT2D eigenvalue weighted by Crippen LogP contribution is 2.22. The molecule has 6 nitrogen and oxygen atoms in total. The zero-order valence-corrected chi connectivity index (χ0v) is 16.2. The molecule has 0 bridgehead atoms. The number of nitrogens with zero attached hydrogens (tertiary/aromatic N) is 3. The Kier molecular flexibility index (Phi) is 5.52. The predicted octanol–water partition coefficient (Wildman–Crippen LogP) is 4.41. The van der Waals surface area contributed by atoms with Gasteiger partial charge in [0.25, 0.3) is 5.91 Å². The first-order chi connectivity index (χ1) is 14.2. The summed E-state index contributed by atoms with van der Waals surface area (Å²) >= 11 is 0. The summed E-state index contributed by atoms with van der Waals surface area (Å²) in [5, 5.41) is 7.06. The average Bonchev–Trinajstić information content (AvgIpc) is 3.42. The number of hydrogen-bond acceptors (Lipinski definition) is 4. The summed E-state index contributed by atoms with van der Waals surface area (Å²) in [6.07, 6.45) is 4.46. The standard InChI is InChI=1S/C23H22N4O2/c1-17-24-13-15-27(17)14-12-20(18-8-4-2-5-9-18)25-23(28)21-16-22(29-26-21)19-10-6-3-7-11-19/h2-11,13,15-16,20H,12,14H2,1H3,(H,25,28). The summed E-state index contributed by atoms with van der Waals surface area (Å²) in [6, 6.07) is 21.1. The van der Waals surface area contributed by atoms with E-state index in [1.807, 2.05) is 73.8 Å². The molecule has 2 aromatic heterocycles. The fourth-order valence-electron chi connectivity index (χ4n) is 3.27. The third-order valence-corrected chi connectivity index (χ3v) is 4.89. The highest BCUT2D eigenvalue weighted by atomic mass is 16.5. The SMILES string of the molecule is Cc1nccn1CCC(NC(=O)c1cc(-c2ccccc2)on1)c1ccccc1. The number of aryl methyl sites for hydroxylation is 2. The van der Waals surface area contributed by atoms with Crippen LogP contribution in [0, 0.1) is 6.92 Å². The molecule has 6 heteroatoms. The van der Waals surface area contributed by atoms with Crippen LogP contribution in [-0.4, -0.2) is 20.6 Å². The maximum absolute atomic E-state index is 12.8. The number of amides is 1. The average molecular weight is 386 g/mol. The normalized spacial score (nSPS) is 11.9. The van der Waals surface area contributed by atoms with E-state index >= 15 is 0 Å². The number of hydrogen-bond donors (Lipinski definition) is 1. The molecule has 0 aliphatic carbocycles. The second-order valence-corrected chi connectivity index (χ2v) is 6.84. The first-order valence-electron chi connectivity index (χ1n) is 9.56. The minimum absolute atomic E-state index is 0.151. The predicted molar refractivity (Wildman–Crippen MR) is 110 cm³/mol. The number of carbonyl (C=O) groups is 1. The van der Waals surface area contributed by atoms with Gasteiger partial charge in [-0.25, -0.2) is 4.98 Å². The van der Waals surface area contributed by atoms with Gasteiger partial charge in [0.15, 0.2) is 11.5 Å². The molecule has 0 fully saturated rings. The van der Waals surface area contributed by atoms with E-state index in [0.717, 1.165) is 29.9 Å². The summed E-state index contributed by atoms with van der Waals surface area (Å²) in [4.78, 5) is 17.1. The number of imidazole rings is 1. The molecule has 0 saturated carbocycles. The monoisotopic (exact) mass is 386 g/mol. The molecule has 0 radical (unpaired) electrons. The molecule has 0 saturated heterocycles. The van der Waals surface area contributed by atoms with Gasteiger partial charge in [-0.05, 0) is 18.9 Å². The Balaban J connectivity index is 1.50. The number of aromatic nitrogens is 3. The van der Waals surface area contributed by atoms with Crippen molar-refractivity contribution >= 4 is 5.91 Å². The van der Waals surface area contributed by atoms with E-state index in [1.165, 1.54) is 0 Å². The van der Waals surface area contributed by atoms with E-state index in [0.29, 0.717) is 5.76 Å². The molecule has 1 atom stereocenters. The molecule has 1 unspecified atom stereocenters. The zero-order chi connectivity index (χ0) is 20.1. The van der Waals surface area contributed by atoms with Gasteiger partial charge in [-0.2, -0.15) is 0 Å². The lowest BCUT2D eigenvalue weighted by Crippen LogP contribution is -2.29. The summed E-state index contributed by atoms with van der Waals surface area (Å²) in [7, 11) is 0. The first kappa shape index (κ1) is 18.7. The van der Waals surface area contributed by atoms with Crippen molar-refractivity contribution in [2.24, 2.45) is 0 Å². The number of carbonyl (C=O) groups excluding carboxylic acids is 1. The van der Waals surface area contributed by atoms with E-state index in [2.05, 4.69) is 20.0 Å². The summed E-state index contributed by atoms with van der Waals surface area (Å²) in [5.41, 5.74) is 2.20. The van der Waals surface area contributed by atoms with E-state index in [-0.39, 0.29) is 17.6 Å². The van der Waals surface area contributed by atoms with Gasteiger partial charge < -0.3 is 14.4 Å². The largest absolute Gasteiger partial charge is 0.355 e. The molecule has 0 aliphatic heterocycles. The van der Waals surface area contributed by atoms with Crippen molar-refractivity contribution < 1.29 is 9.32 Å². The fourth-order valence-corrected chi connectivity index (χ4v) is 3.27. The topological polar surface area (TPSA) is 73.0 Å². The maximum Gasteiger partial charge on any atom is 0.273 e. The lowest BCUT2D eigenvalue weighted by Gasteiger charge is -2.19. The van der Waals surface area contributed by atoms with Crippen LogP contribution in [0.2, 0.25) is 0 Å². The van der Waals surface area contributed by atoms with Gasteiger partial charge in [0.05, 0.1) is 6.04 Å². The second-order valence-electron chi connectivity index (χ2n) is 6.84. The molecule has 0 aliphatic rings. The molecule has 2 heterocycles. The lowest BCUT2D eigenvalue weighted by atomic mass is 10.0. The molecule has 0 spiro atoms. The van der Waals surface area contributed by atoms with Crippen molar-refractivity contribution in [1.29, 1.82) is 0 Å². The molecular weight excluding hydrogens is 364 g/mol. The van der Waals surface area contributed by atoms with Gasteiger partial charge in [-0.1, -0.05) is 65.8 Å². The zero-order valence-electron chi connectivity index (χ0n) is 16.2. The summed E-state index contributed by atoms with van der Waals surface area (Å²) < 4.78 is 7.45. The van der Waals surface area contributed by atoms with Gasteiger partial charge in [-0.3, -0.25) is 4.79 Å². The molecule has 1 N–H and O–H groups in total. The van der Waals surface area contributed by atoms with Gasteiger partial charge in [0, 0.05) is 30.6 Å². The number of rotatable bonds is 7. The highest BCUT2D eigenvalue weighted by molar-refractivity contribution is 5.93. The van der Waals surface area contributed by atoms with Gasteiger partial charge in [0.1, 0.15) is 5.82 Å². The third-order valence-electron chi connectivity index (χ3n) is 4.89. The van der Waals surface area contributed by atoms with Crippen LogP contribution in [0.25, 0.3) is 11.3 Å². The molecule has 2 aromatic carbocycles. The second kappa shape index (κ2) is 8.56. The van der Waals surface area contributed by atoms with Crippen molar-refractivity contribution in [3.05, 3.63) is 96.2 Å². The van der Waals surface area contributed by atoms with Crippen molar-refractivity contribution in [2.75, 3.05) is 0 Å². The molecule has 4 rings (SSSR count). The molecular formula is C23H22N4O2. The first-order valence-corrected chi connectivity index (χ1v) is 9.56. The van der Waals surface area contributed by atoms with E-state index in [4.69, 9.17) is 4.52 Å². The van der Waals surface area contributed by atoms with Crippen LogP contribution in [0.3, 0.4) is 0 Å². The van der Waals surface area contributed by atoms with Crippen LogP contribution in [0.4, 0.5) is 0 Å². The molecule has 1 amide bonds. The Morgan fingerprint density at radius 2 is 1.83 bits per heavy atom. The quantitative estimate of drug-likeness (QED) is 0.511. The van der Waals surface area contributed by atoms with Gasteiger partial charge in [0.2, 0.25) is 0 Å². The number of benzene rings is 2. The van der Waals surface area contributed by atoms with Crippen molar-refractivity contribution in [2.45, 2.75) is 25.9 Å². The minimum Gasteiger partial charge on any atom is -0.355 e. The Hall–Kier alpha value is -3.67. The lowest BCUT2D eigenvalue weighted by molar-refractivity contribution is 0.0924. The van der Waals surface area contributed by atoms with E-state index in [9.17, 15) is 4.79 Å². The molecule has 4 aromatic rings. The Labute approximate surface area is 169 Å². The Bertz CT molecular complexity index is 1070. The Morgan fingerprint density at radius 3 is 2.52 bits per heavy atom. The van der Waals surface area contributed by atoms with E-state index < -0.39 is 0 Å². The van der Waals surface area contributed by atoms with Crippen LogP contribution in [0.1, 0.15) is 34.3 Å². The van der Waals surface area contributed by atoms with Crippen LogP contribution >= 0.6 is 0 Å². The van der Waals surface area contributed by atoms with Crippen LogP contribution < -0.4 is 5.32 Å². The smallest absolute Gasteiger partial charge is 0.273 e. The fraction of sp³-hybridized carbons (Fsp3) is 0.174.